The van der Waals surface area contributed by atoms with Gasteiger partial charge in [-0.2, -0.15) is 0 Å². The minimum Gasteiger partial charge on any atom is -0.504 e. The summed E-state index contributed by atoms with van der Waals surface area (Å²) in [5.74, 6) is 0.745. The predicted octanol–water partition coefficient (Wildman–Crippen LogP) is 4.13. The lowest BCUT2D eigenvalue weighted by Gasteiger charge is -2.24. The Bertz CT molecular complexity index is 596. The predicted molar refractivity (Wildman–Crippen MR) is 87.2 cm³/mol. The molecule has 0 unspecified atom stereocenters. The standard InChI is InChI=1S/C18H23NO2/c1-4-19(16-8-6-7-14(3)11-16)13-15-9-10-17(20)18(12-15)21-5-2/h6-12,20H,4-5,13H2,1-3H3. The number of rotatable bonds is 6. The Balaban J connectivity index is 2.20. The fourth-order valence-electron chi connectivity index (χ4n) is 2.36. The fraction of sp³-hybridized carbons (Fsp3) is 0.333. The van der Waals surface area contributed by atoms with E-state index in [1.807, 2.05) is 19.1 Å². The maximum absolute atomic E-state index is 9.77. The molecular weight excluding hydrogens is 262 g/mol. The van der Waals surface area contributed by atoms with Gasteiger partial charge in [0.05, 0.1) is 6.61 Å². The number of phenols is 1. The Morgan fingerprint density at radius 2 is 1.90 bits per heavy atom. The van der Waals surface area contributed by atoms with Crippen LogP contribution in [0.25, 0.3) is 0 Å². The SMILES string of the molecule is CCOc1cc(CN(CC)c2cccc(C)c2)ccc1O. The number of hydrogen-bond donors (Lipinski definition) is 1. The smallest absolute Gasteiger partial charge is 0.161 e. The number of anilines is 1. The molecule has 0 aromatic heterocycles. The van der Waals surface area contributed by atoms with Gasteiger partial charge in [-0.05, 0) is 56.2 Å². The number of phenolic OH excluding ortho intramolecular Hbond substituents is 1. The molecule has 0 bridgehead atoms. The second kappa shape index (κ2) is 7.02. The summed E-state index contributed by atoms with van der Waals surface area (Å²) in [7, 11) is 0. The number of nitrogens with zero attached hydrogens (tertiary/aromatic N) is 1. The van der Waals surface area contributed by atoms with Gasteiger partial charge in [-0.25, -0.2) is 0 Å². The Kier molecular flexibility index (Phi) is 5.09. The van der Waals surface area contributed by atoms with Gasteiger partial charge in [0.15, 0.2) is 11.5 Å². The summed E-state index contributed by atoms with van der Waals surface area (Å²) in [6.07, 6.45) is 0. The number of hydrogen-bond acceptors (Lipinski definition) is 3. The summed E-state index contributed by atoms with van der Waals surface area (Å²) >= 11 is 0. The molecule has 0 aliphatic carbocycles. The molecule has 2 rings (SSSR count). The molecule has 3 nitrogen and oxygen atoms in total. The molecule has 0 fully saturated rings. The Labute approximate surface area is 126 Å². The van der Waals surface area contributed by atoms with E-state index in [0.717, 1.165) is 18.7 Å². The minimum absolute atomic E-state index is 0.194. The van der Waals surface area contributed by atoms with E-state index in [4.69, 9.17) is 4.74 Å². The summed E-state index contributed by atoms with van der Waals surface area (Å²) in [6, 6.07) is 14.0. The van der Waals surface area contributed by atoms with Crippen molar-refractivity contribution in [2.45, 2.75) is 27.3 Å². The van der Waals surface area contributed by atoms with Crippen molar-refractivity contribution in [3.63, 3.8) is 0 Å². The summed E-state index contributed by atoms with van der Waals surface area (Å²) in [5.41, 5.74) is 3.59. The average Bonchev–Trinajstić information content (AvgIpc) is 2.48. The van der Waals surface area contributed by atoms with Crippen molar-refractivity contribution in [3.05, 3.63) is 53.6 Å². The number of aryl methyl sites for hydroxylation is 1. The van der Waals surface area contributed by atoms with Crippen molar-refractivity contribution in [3.8, 4) is 11.5 Å². The third-order valence-electron chi connectivity index (χ3n) is 3.45. The van der Waals surface area contributed by atoms with Crippen LogP contribution in [0.15, 0.2) is 42.5 Å². The second-order valence-electron chi connectivity index (χ2n) is 5.09. The molecule has 0 aliphatic heterocycles. The van der Waals surface area contributed by atoms with Crippen molar-refractivity contribution in [1.29, 1.82) is 0 Å². The van der Waals surface area contributed by atoms with Crippen LogP contribution >= 0.6 is 0 Å². The van der Waals surface area contributed by atoms with Crippen molar-refractivity contribution in [1.82, 2.24) is 0 Å². The van der Waals surface area contributed by atoms with Crippen LogP contribution in [0.5, 0.6) is 11.5 Å². The summed E-state index contributed by atoms with van der Waals surface area (Å²) in [4.78, 5) is 2.30. The van der Waals surface area contributed by atoms with Crippen molar-refractivity contribution in [2.75, 3.05) is 18.1 Å². The third-order valence-corrected chi connectivity index (χ3v) is 3.45. The zero-order chi connectivity index (χ0) is 15.2. The van der Waals surface area contributed by atoms with Crippen LogP contribution in [0.2, 0.25) is 0 Å². The van der Waals surface area contributed by atoms with Gasteiger partial charge in [-0.3, -0.25) is 0 Å². The van der Waals surface area contributed by atoms with Gasteiger partial charge < -0.3 is 14.7 Å². The Hall–Kier alpha value is -2.16. The quantitative estimate of drug-likeness (QED) is 0.866. The molecular formula is C18H23NO2. The van der Waals surface area contributed by atoms with Crippen LogP contribution in [0.4, 0.5) is 5.69 Å². The summed E-state index contributed by atoms with van der Waals surface area (Å²) in [6.45, 7) is 8.43. The highest BCUT2D eigenvalue weighted by Gasteiger charge is 2.08. The van der Waals surface area contributed by atoms with Gasteiger partial charge >= 0.3 is 0 Å². The molecule has 0 saturated carbocycles. The molecule has 0 amide bonds. The van der Waals surface area contributed by atoms with Crippen molar-refractivity contribution in [2.24, 2.45) is 0 Å². The minimum atomic E-state index is 0.194. The molecule has 0 radical (unpaired) electrons. The highest BCUT2D eigenvalue weighted by molar-refractivity contribution is 5.50. The first-order valence-corrected chi connectivity index (χ1v) is 7.40. The van der Waals surface area contributed by atoms with Gasteiger partial charge in [0.2, 0.25) is 0 Å². The fourth-order valence-corrected chi connectivity index (χ4v) is 2.36. The molecule has 0 atom stereocenters. The average molecular weight is 285 g/mol. The van der Waals surface area contributed by atoms with Crippen LogP contribution in [-0.4, -0.2) is 18.3 Å². The highest BCUT2D eigenvalue weighted by Crippen LogP contribution is 2.28. The van der Waals surface area contributed by atoms with Crippen LogP contribution < -0.4 is 9.64 Å². The summed E-state index contributed by atoms with van der Waals surface area (Å²) < 4.78 is 5.45. The monoisotopic (exact) mass is 285 g/mol. The molecule has 3 heteroatoms. The molecule has 0 heterocycles. The van der Waals surface area contributed by atoms with E-state index < -0.39 is 0 Å². The van der Waals surface area contributed by atoms with Crippen LogP contribution in [-0.2, 0) is 6.54 Å². The first kappa shape index (κ1) is 15.2. The maximum Gasteiger partial charge on any atom is 0.161 e. The first-order valence-electron chi connectivity index (χ1n) is 7.40. The molecule has 1 N–H and O–H groups in total. The maximum atomic E-state index is 9.77. The third kappa shape index (κ3) is 3.91. The zero-order valence-electron chi connectivity index (χ0n) is 13.0. The van der Waals surface area contributed by atoms with E-state index in [0.29, 0.717) is 12.4 Å². The molecule has 0 saturated heterocycles. The Morgan fingerprint density at radius 3 is 2.57 bits per heavy atom. The highest BCUT2D eigenvalue weighted by atomic mass is 16.5. The topological polar surface area (TPSA) is 32.7 Å². The molecule has 2 aromatic carbocycles. The van der Waals surface area contributed by atoms with Crippen molar-refractivity contribution < 1.29 is 9.84 Å². The Morgan fingerprint density at radius 1 is 1.10 bits per heavy atom. The largest absolute Gasteiger partial charge is 0.504 e. The van der Waals surface area contributed by atoms with Crippen LogP contribution in [0, 0.1) is 6.92 Å². The van der Waals surface area contributed by atoms with E-state index in [2.05, 4.69) is 43.0 Å². The van der Waals surface area contributed by atoms with Gasteiger partial charge in [-0.1, -0.05) is 18.2 Å². The molecule has 0 aliphatic rings. The van der Waals surface area contributed by atoms with E-state index >= 15 is 0 Å². The number of aromatic hydroxyl groups is 1. The molecule has 112 valence electrons. The lowest BCUT2D eigenvalue weighted by Crippen LogP contribution is -2.22. The first-order chi connectivity index (χ1) is 10.1. The number of benzene rings is 2. The zero-order valence-corrected chi connectivity index (χ0v) is 13.0. The van der Waals surface area contributed by atoms with Gasteiger partial charge in [0, 0.05) is 18.8 Å². The van der Waals surface area contributed by atoms with E-state index in [-0.39, 0.29) is 5.75 Å². The van der Waals surface area contributed by atoms with Gasteiger partial charge in [0.25, 0.3) is 0 Å². The molecule has 0 spiro atoms. The lowest BCUT2D eigenvalue weighted by molar-refractivity contribution is 0.317. The lowest BCUT2D eigenvalue weighted by atomic mass is 10.1. The molecule has 2 aromatic rings. The number of ether oxygens (including phenoxy) is 1. The van der Waals surface area contributed by atoms with Crippen LogP contribution in [0.1, 0.15) is 25.0 Å². The second-order valence-corrected chi connectivity index (χ2v) is 5.09. The van der Waals surface area contributed by atoms with Gasteiger partial charge in [-0.15, -0.1) is 0 Å². The van der Waals surface area contributed by atoms with Gasteiger partial charge in [0.1, 0.15) is 0 Å². The van der Waals surface area contributed by atoms with Crippen molar-refractivity contribution >= 4 is 5.69 Å². The normalized spacial score (nSPS) is 10.4. The van der Waals surface area contributed by atoms with E-state index in [1.54, 1.807) is 6.07 Å². The van der Waals surface area contributed by atoms with E-state index in [9.17, 15) is 5.11 Å². The van der Waals surface area contributed by atoms with E-state index in [1.165, 1.54) is 11.3 Å². The van der Waals surface area contributed by atoms with Crippen LogP contribution in [0.3, 0.4) is 0 Å². The molecule has 21 heavy (non-hydrogen) atoms. The summed E-state index contributed by atoms with van der Waals surface area (Å²) in [5, 5.41) is 9.77.